The van der Waals surface area contributed by atoms with Crippen molar-refractivity contribution in [3.8, 4) is 0 Å². The molecule has 0 aromatic heterocycles. The van der Waals surface area contributed by atoms with Crippen LogP contribution in [0.3, 0.4) is 0 Å². The summed E-state index contributed by atoms with van der Waals surface area (Å²) in [4.78, 5) is 33.7. The molecule has 1 saturated heterocycles. The molecule has 0 bridgehead atoms. The van der Waals surface area contributed by atoms with Gasteiger partial charge in [0.25, 0.3) is 0 Å². The Morgan fingerprint density at radius 2 is 1.72 bits per heavy atom. The lowest BCUT2D eigenvalue weighted by atomic mass is 10.1. The topological polar surface area (TPSA) is 108 Å². The second-order valence-electron chi connectivity index (χ2n) is 8.93. The molecule has 4 rings (SSSR count). The van der Waals surface area contributed by atoms with E-state index in [9.17, 15) is 22.8 Å². The minimum atomic E-state index is -5.08. The van der Waals surface area contributed by atoms with Gasteiger partial charge in [-0.25, -0.2) is 4.79 Å². The van der Waals surface area contributed by atoms with Gasteiger partial charge in [0, 0.05) is 24.7 Å². The first-order chi connectivity index (χ1) is 17.1. The highest BCUT2D eigenvalue weighted by atomic mass is 19.4. The van der Waals surface area contributed by atoms with Crippen molar-refractivity contribution >= 4 is 23.5 Å². The standard InChI is InChI=1S/C24H29N3O2.C2HF3O2/c28-23(11-4-8-17-6-2-1-3-7-17)26-21-15-22(25-16-21)24(29)27-20-13-12-18-9-5-10-19(18)14-20;3-2(4,5)1(6)7/h1-3,6-7,12-14,21-22,25H,4-5,8-11,15-16H2,(H,26,28)(H,27,29);(H,6,7)/t21?,22-;/m0./s1. The number of halogens is 3. The third-order valence-corrected chi connectivity index (χ3v) is 6.13. The number of carboxylic acid groups (broad SMARTS) is 1. The number of anilines is 1. The summed E-state index contributed by atoms with van der Waals surface area (Å²) < 4.78 is 31.7. The second kappa shape index (κ2) is 12.5. The largest absolute Gasteiger partial charge is 0.490 e. The molecule has 1 aliphatic heterocycles. The van der Waals surface area contributed by atoms with Crippen LogP contribution in [0.4, 0.5) is 18.9 Å². The van der Waals surface area contributed by atoms with E-state index < -0.39 is 12.1 Å². The molecule has 0 saturated carbocycles. The van der Waals surface area contributed by atoms with Crippen molar-refractivity contribution in [2.24, 2.45) is 0 Å². The van der Waals surface area contributed by atoms with Crippen molar-refractivity contribution in [1.29, 1.82) is 0 Å². The summed E-state index contributed by atoms with van der Waals surface area (Å²) >= 11 is 0. The number of amides is 2. The molecule has 1 heterocycles. The van der Waals surface area contributed by atoms with Gasteiger partial charge in [-0.3, -0.25) is 9.59 Å². The first kappa shape index (κ1) is 27.2. The Hall–Kier alpha value is -3.40. The van der Waals surface area contributed by atoms with Crippen molar-refractivity contribution in [3.63, 3.8) is 0 Å². The third kappa shape index (κ3) is 8.37. The van der Waals surface area contributed by atoms with Gasteiger partial charge in [-0.05, 0) is 67.3 Å². The molecule has 0 radical (unpaired) electrons. The molecule has 0 spiro atoms. The van der Waals surface area contributed by atoms with E-state index in [4.69, 9.17) is 9.90 Å². The molecule has 7 nitrogen and oxygen atoms in total. The monoisotopic (exact) mass is 505 g/mol. The average molecular weight is 506 g/mol. The lowest BCUT2D eigenvalue weighted by Crippen LogP contribution is -2.36. The van der Waals surface area contributed by atoms with E-state index in [2.05, 4.69) is 40.2 Å². The van der Waals surface area contributed by atoms with Crippen LogP contribution in [0, 0.1) is 0 Å². The number of nitrogens with one attached hydrogen (secondary N) is 3. The Morgan fingerprint density at radius 3 is 2.42 bits per heavy atom. The molecule has 2 amide bonds. The van der Waals surface area contributed by atoms with Gasteiger partial charge in [-0.1, -0.05) is 36.4 Å². The first-order valence-electron chi connectivity index (χ1n) is 11.9. The number of aryl methyl sites for hydroxylation is 3. The highest BCUT2D eigenvalue weighted by molar-refractivity contribution is 5.95. The first-order valence-corrected chi connectivity index (χ1v) is 11.9. The molecule has 2 aromatic carbocycles. The van der Waals surface area contributed by atoms with E-state index in [-0.39, 0.29) is 23.9 Å². The smallest absolute Gasteiger partial charge is 0.475 e. The molecule has 2 aliphatic rings. The predicted molar refractivity (Wildman–Crippen MR) is 129 cm³/mol. The van der Waals surface area contributed by atoms with Crippen molar-refractivity contribution in [1.82, 2.24) is 10.6 Å². The van der Waals surface area contributed by atoms with E-state index in [1.807, 2.05) is 24.3 Å². The minimum Gasteiger partial charge on any atom is -0.475 e. The molecule has 1 aliphatic carbocycles. The fourth-order valence-corrected chi connectivity index (χ4v) is 4.32. The Kier molecular flexibility index (Phi) is 9.46. The normalized spacial score (nSPS) is 18.5. The van der Waals surface area contributed by atoms with Crippen LogP contribution in [0.2, 0.25) is 0 Å². The van der Waals surface area contributed by atoms with Gasteiger partial charge in [-0.15, -0.1) is 0 Å². The summed E-state index contributed by atoms with van der Waals surface area (Å²) in [6, 6.07) is 16.2. The Bertz CT molecular complexity index is 1060. The lowest BCUT2D eigenvalue weighted by Gasteiger charge is -2.13. The number of carboxylic acids is 1. The highest BCUT2D eigenvalue weighted by Gasteiger charge is 2.38. The molecule has 10 heteroatoms. The third-order valence-electron chi connectivity index (χ3n) is 6.13. The van der Waals surface area contributed by atoms with Gasteiger partial charge in [0.1, 0.15) is 0 Å². The molecule has 2 aromatic rings. The van der Waals surface area contributed by atoms with Gasteiger partial charge in [-0.2, -0.15) is 13.2 Å². The van der Waals surface area contributed by atoms with Crippen molar-refractivity contribution in [3.05, 3.63) is 65.2 Å². The fourth-order valence-electron chi connectivity index (χ4n) is 4.32. The number of carbonyl (C=O) groups is 3. The lowest BCUT2D eigenvalue weighted by molar-refractivity contribution is -0.192. The Balaban J connectivity index is 0.000000454. The highest BCUT2D eigenvalue weighted by Crippen LogP contribution is 2.25. The maximum absolute atomic E-state index is 12.6. The minimum absolute atomic E-state index is 0.00926. The number of hydrogen-bond acceptors (Lipinski definition) is 4. The zero-order valence-corrected chi connectivity index (χ0v) is 19.7. The fraction of sp³-hybridized carbons (Fsp3) is 0.423. The van der Waals surface area contributed by atoms with E-state index >= 15 is 0 Å². The summed E-state index contributed by atoms with van der Waals surface area (Å²) in [5, 5.41) is 16.5. The SMILES string of the molecule is O=C(CCCc1ccccc1)NC1CN[C@H](C(=O)Nc2ccc3c(c2)CCC3)C1.O=C(O)C(F)(F)F. The number of hydrogen-bond donors (Lipinski definition) is 4. The Morgan fingerprint density at radius 1 is 1.03 bits per heavy atom. The van der Waals surface area contributed by atoms with Crippen LogP contribution in [0.5, 0.6) is 0 Å². The summed E-state index contributed by atoms with van der Waals surface area (Å²) in [5.74, 6) is -2.72. The maximum atomic E-state index is 12.6. The van der Waals surface area contributed by atoms with Crippen molar-refractivity contribution < 1.29 is 32.7 Å². The zero-order valence-electron chi connectivity index (χ0n) is 19.7. The van der Waals surface area contributed by atoms with Gasteiger partial charge in [0.2, 0.25) is 11.8 Å². The molecule has 1 unspecified atom stereocenters. The maximum Gasteiger partial charge on any atom is 0.490 e. The number of alkyl halides is 3. The van der Waals surface area contributed by atoms with E-state index in [1.54, 1.807) is 0 Å². The molecule has 2 atom stereocenters. The quantitative estimate of drug-likeness (QED) is 0.460. The van der Waals surface area contributed by atoms with Gasteiger partial charge in [0.15, 0.2) is 0 Å². The average Bonchev–Trinajstić information content (AvgIpc) is 3.49. The summed E-state index contributed by atoms with van der Waals surface area (Å²) in [6.07, 6.45) is 1.23. The van der Waals surface area contributed by atoms with Crippen LogP contribution < -0.4 is 16.0 Å². The van der Waals surface area contributed by atoms with Crippen LogP contribution in [-0.4, -0.2) is 47.7 Å². The summed E-state index contributed by atoms with van der Waals surface area (Å²) in [6.45, 7) is 0.632. The van der Waals surface area contributed by atoms with E-state index in [1.165, 1.54) is 23.1 Å². The molecule has 1 fully saturated rings. The molecule has 36 heavy (non-hydrogen) atoms. The van der Waals surface area contributed by atoms with E-state index in [0.717, 1.165) is 31.4 Å². The number of aliphatic carboxylic acids is 1. The zero-order chi connectivity index (χ0) is 26.1. The van der Waals surface area contributed by atoms with Crippen LogP contribution in [0.25, 0.3) is 0 Å². The summed E-state index contributed by atoms with van der Waals surface area (Å²) in [5.41, 5.74) is 4.87. The van der Waals surface area contributed by atoms with Crippen LogP contribution >= 0.6 is 0 Å². The van der Waals surface area contributed by atoms with Gasteiger partial charge >= 0.3 is 12.1 Å². The van der Waals surface area contributed by atoms with Crippen molar-refractivity contribution in [2.45, 2.75) is 63.2 Å². The summed E-state index contributed by atoms with van der Waals surface area (Å²) in [7, 11) is 0. The van der Waals surface area contributed by atoms with E-state index in [0.29, 0.717) is 19.4 Å². The van der Waals surface area contributed by atoms with Crippen LogP contribution in [0.15, 0.2) is 48.5 Å². The number of carbonyl (C=O) groups excluding carboxylic acids is 2. The number of fused-ring (bicyclic) bond motifs is 1. The molecular formula is C26H30F3N3O4. The van der Waals surface area contributed by atoms with Gasteiger partial charge in [0.05, 0.1) is 6.04 Å². The number of benzene rings is 2. The van der Waals surface area contributed by atoms with Crippen LogP contribution in [0.1, 0.15) is 42.4 Å². The molecule has 194 valence electrons. The molecular weight excluding hydrogens is 475 g/mol. The Labute approximate surface area is 207 Å². The van der Waals surface area contributed by atoms with Gasteiger partial charge < -0.3 is 21.1 Å². The predicted octanol–water partition coefficient (Wildman–Crippen LogP) is 3.62. The second-order valence-corrected chi connectivity index (χ2v) is 8.93. The number of rotatable bonds is 7. The van der Waals surface area contributed by atoms with Crippen LogP contribution in [-0.2, 0) is 33.6 Å². The molecule has 4 N–H and O–H groups in total. The van der Waals surface area contributed by atoms with Crippen molar-refractivity contribution in [2.75, 3.05) is 11.9 Å².